The first-order chi connectivity index (χ1) is 22.6. The number of carbonyl (C=O) groups is 2. The summed E-state index contributed by atoms with van der Waals surface area (Å²) in [6.45, 7) is 17.1. The zero-order chi connectivity index (χ0) is 35.6. The molecule has 3 heterocycles. The fourth-order valence-corrected chi connectivity index (χ4v) is 6.83. The van der Waals surface area contributed by atoms with Gasteiger partial charge in [0.15, 0.2) is 6.10 Å². The van der Waals surface area contributed by atoms with Crippen LogP contribution in [0.2, 0.25) is 0 Å². The second-order valence-electron chi connectivity index (χ2n) is 14.5. The van der Waals surface area contributed by atoms with E-state index >= 15 is 0 Å². The van der Waals surface area contributed by atoms with Crippen molar-refractivity contribution in [3.63, 3.8) is 0 Å². The fraction of sp³-hybridized carbons (Fsp3) is 0.784. The number of hydrogen-bond acceptors (Lipinski definition) is 10. The monoisotopic (exact) mass is 678 g/mol. The number of nitrogens with zero attached hydrogens (tertiary/aromatic N) is 2. The lowest BCUT2D eigenvalue weighted by atomic mass is 9.88. The molecule has 3 aliphatic rings. The molecule has 1 amide bonds. The van der Waals surface area contributed by atoms with Gasteiger partial charge in [-0.1, -0.05) is 52.0 Å². The van der Waals surface area contributed by atoms with E-state index in [2.05, 4.69) is 25.7 Å². The van der Waals surface area contributed by atoms with Crippen molar-refractivity contribution < 1.29 is 43.9 Å². The van der Waals surface area contributed by atoms with E-state index < -0.39 is 41.6 Å². The summed E-state index contributed by atoms with van der Waals surface area (Å²) in [6.07, 6.45) is 7.84. The van der Waals surface area contributed by atoms with Gasteiger partial charge in [-0.2, -0.15) is 0 Å². The third-order valence-corrected chi connectivity index (χ3v) is 10.2. The largest absolute Gasteiger partial charge is 0.457 e. The van der Waals surface area contributed by atoms with Crippen LogP contribution in [0.15, 0.2) is 36.0 Å². The number of likely N-dealkylation sites (N-methyl/N-ethyl adjacent to an activating group) is 1. The molecule has 11 nitrogen and oxygen atoms in total. The van der Waals surface area contributed by atoms with Crippen molar-refractivity contribution >= 4 is 12.1 Å². The Morgan fingerprint density at radius 3 is 2.62 bits per heavy atom. The Bertz CT molecular complexity index is 1130. The molecule has 0 radical (unpaired) electrons. The number of aliphatic hydroxyl groups excluding tert-OH is 1. The molecule has 0 aromatic heterocycles. The molecular formula is C37H62N2O9. The van der Waals surface area contributed by atoms with Crippen molar-refractivity contribution in [3.05, 3.63) is 36.0 Å². The SMILES string of the molecule is CCC(OC)C(C)C1OC1CC(C)(O)/C=C/C=C(\C)C1OC(=O)CC(O)CCC(C)(O)C(OC(=O)N2CCCN(CC)CC2)/C=C\C1C. The number of allylic oxidation sites excluding steroid dienone is 2. The third-order valence-electron chi connectivity index (χ3n) is 10.2. The molecule has 3 N–H and O–H groups in total. The Morgan fingerprint density at radius 1 is 1.23 bits per heavy atom. The summed E-state index contributed by atoms with van der Waals surface area (Å²) < 4.78 is 23.3. The summed E-state index contributed by atoms with van der Waals surface area (Å²) in [7, 11) is 1.71. The highest BCUT2D eigenvalue weighted by Crippen LogP contribution is 2.38. The van der Waals surface area contributed by atoms with Gasteiger partial charge in [-0.3, -0.25) is 4.79 Å². The molecular weight excluding hydrogens is 616 g/mol. The second-order valence-corrected chi connectivity index (χ2v) is 14.5. The van der Waals surface area contributed by atoms with Crippen LogP contribution in [0.3, 0.4) is 0 Å². The molecule has 0 spiro atoms. The first kappa shape index (κ1) is 40.2. The molecule has 10 atom stereocenters. The van der Waals surface area contributed by atoms with Crippen molar-refractivity contribution in [1.82, 2.24) is 9.80 Å². The average molecular weight is 679 g/mol. The Hall–Kier alpha value is -2.28. The molecule has 11 heteroatoms. The topological polar surface area (TPSA) is 142 Å². The smallest absolute Gasteiger partial charge is 0.410 e. The van der Waals surface area contributed by atoms with Crippen LogP contribution in [0, 0.1) is 11.8 Å². The lowest BCUT2D eigenvalue weighted by Crippen LogP contribution is -2.45. The van der Waals surface area contributed by atoms with Crippen molar-refractivity contribution in [3.8, 4) is 0 Å². The van der Waals surface area contributed by atoms with Gasteiger partial charge in [-0.05, 0) is 71.2 Å². The number of aliphatic hydroxyl groups is 3. The van der Waals surface area contributed by atoms with Crippen LogP contribution in [0.5, 0.6) is 0 Å². The van der Waals surface area contributed by atoms with Gasteiger partial charge in [0.1, 0.15) is 11.7 Å². The molecule has 0 bridgehead atoms. The maximum Gasteiger partial charge on any atom is 0.410 e. The molecule has 0 aromatic rings. The summed E-state index contributed by atoms with van der Waals surface area (Å²) in [5.41, 5.74) is -1.87. The van der Waals surface area contributed by atoms with Gasteiger partial charge in [0.05, 0.1) is 36.4 Å². The van der Waals surface area contributed by atoms with Crippen LogP contribution >= 0.6 is 0 Å². The predicted octanol–water partition coefficient (Wildman–Crippen LogP) is 4.39. The van der Waals surface area contributed by atoms with Gasteiger partial charge in [0, 0.05) is 45.0 Å². The fourth-order valence-electron chi connectivity index (χ4n) is 6.83. The number of ether oxygens (including phenoxy) is 4. The van der Waals surface area contributed by atoms with Crippen LogP contribution in [-0.2, 0) is 23.7 Å². The van der Waals surface area contributed by atoms with Crippen LogP contribution in [0.25, 0.3) is 0 Å². The standard InChI is InChI=1S/C37H62N2O9/c1-9-29(45-8)27(5)34-30(46-34)24-36(6,43)17-11-13-25(3)33-26(4)14-15-31(37(7,44)18-16-28(40)23-32(41)48-33)47-35(42)39-20-12-19-38(10-2)21-22-39/h11,13-15,17,26-31,33-34,40,43-44H,9-10,12,16,18-24H2,1-8H3/b15-14-,17-11+,25-13+. The number of hydrogen-bond donors (Lipinski definition) is 3. The molecule has 2 saturated heterocycles. The Balaban J connectivity index is 1.74. The lowest BCUT2D eigenvalue weighted by Gasteiger charge is -2.34. The van der Waals surface area contributed by atoms with Crippen LogP contribution < -0.4 is 0 Å². The maximum absolute atomic E-state index is 13.3. The van der Waals surface area contributed by atoms with Crippen LogP contribution in [-0.4, -0.2) is 125 Å². The number of amides is 1. The van der Waals surface area contributed by atoms with Crippen LogP contribution in [0.4, 0.5) is 4.79 Å². The molecule has 10 unspecified atom stereocenters. The number of methoxy groups -OCH3 is 1. The molecule has 3 rings (SSSR count). The first-order valence-corrected chi connectivity index (χ1v) is 17.8. The molecule has 0 aliphatic carbocycles. The van der Waals surface area contributed by atoms with E-state index in [0.29, 0.717) is 19.5 Å². The number of epoxide rings is 1. The minimum atomic E-state index is -1.48. The highest BCUT2D eigenvalue weighted by atomic mass is 16.6. The van der Waals surface area contributed by atoms with E-state index in [-0.39, 0.29) is 49.4 Å². The van der Waals surface area contributed by atoms with E-state index in [9.17, 15) is 24.9 Å². The Labute approximate surface area is 287 Å². The highest BCUT2D eigenvalue weighted by molar-refractivity contribution is 5.70. The molecule has 2 fully saturated rings. The minimum absolute atomic E-state index is 0.0466. The summed E-state index contributed by atoms with van der Waals surface area (Å²) in [4.78, 5) is 30.1. The third kappa shape index (κ3) is 11.9. The lowest BCUT2D eigenvalue weighted by molar-refractivity contribution is -0.151. The summed E-state index contributed by atoms with van der Waals surface area (Å²) in [5, 5.41) is 33.2. The van der Waals surface area contributed by atoms with Gasteiger partial charge in [-0.25, -0.2) is 4.79 Å². The quantitative estimate of drug-likeness (QED) is 0.125. The van der Waals surface area contributed by atoms with E-state index in [0.717, 1.165) is 38.0 Å². The number of carbonyl (C=O) groups excluding carboxylic acids is 2. The normalized spacial score (nSPS) is 34.6. The van der Waals surface area contributed by atoms with E-state index in [1.807, 2.05) is 13.8 Å². The Morgan fingerprint density at radius 2 is 1.96 bits per heavy atom. The summed E-state index contributed by atoms with van der Waals surface area (Å²) in [6, 6.07) is 0. The predicted molar refractivity (Wildman–Crippen MR) is 184 cm³/mol. The van der Waals surface area contributed by atoms with Gasteiger partial charge in [0.25, 0.3) is 0 Å². The zero-order valence-electron chi connectivity index (χ0n) is 30.5. The summed E-state index contributed by atoms with van der Waals surface area (Å²) >= 11 is 0. The molecule has 3 aliphatic heterocycles. The van der Waals surface area contributed by atoms with E-state index in [1.54, 1.807) is 56.2 Å². The van der Waals surface area contributed by atoms with Gasteiger partial charge in [0.2, 0.25) is 0 Å². The second kappa shape index (κ2) is 18.1. The van der Waals surface area contributed by atoms with Gasteiger partial charge >= 0.3 is 12.1 Å². The average Bonchev–Trinajstić information content (AvgIpc) is 3.82. The maximum atomic E-state index is 13.3. The Kier molecular flexibility index (Phi) is 15.1. The van der Waals surface area contributed by atoms with Crippen molar-refractivity contribution in [2.45, 2.75) is 135 Å². The van der Waals surface area contributed by atoms with E-state index in [1.165, 1.54) is 0 Å². The zero-order valence-corrected chi connectivity index (χ0v) is 30.5. The molecule has 0 saturated carbocycles. The van der Waals surface area contributed by atoms with Gasteiger partial charge in [-0.15, -0.1) is 0 Å². The molecule has 274 valence electrons. The summed E-state index contributed by atoms with van der Waals surface area (Å²) in [5.74, 6) is -0.684. The van der Waals surface area contributed by atoms with Crippen molar-refractivity contribution in [2.75, 3.05) is 39.8 Å². The molecule has 48 heavy (non-hydrogen) atoms. The van der Waals surface area contributed by atoms with Crippen LogP contribution in [0.1, 0.15) is 87.0 Å². The van der Waals surface area contributed by atoms with E-state index in [4.69, 9.17) is 18.9 Å². The van der Waals surface area contributed by atoms with Crippen molar-refractivity contribution in [1.29, 1.82) is 0 Å². The highest BCUT2D eigenvalue weighted by Gasteiger charge is 2.47. The number of cyclic esters (lactones) is 1. The first-order valence-electron chi connectivity index (χ1n) is 17.8. The minimum Gasteiger partial charge on any atom is -0.457 e. The molecule has 0 aromatic carbocycles. The van der Waals surface area contributed by atoms with Crippen molar-refractivity contribution in [2.24, 2.45) is 11.8 Å². The number of rotatable bonds is 11. The van der Waals surface area contributed by atoms with Gasteiger partial charge < -0.3 is 44.1 Å². The number of esters is 1.